The van der Waals surface area contributed by atoms with E-state index in [0.717, 1.165) is 32.1 Å². The number of halogens is 1. The van der Waals surface area contributed by atoms with Crippen molar-refractivity contribution in [2.45, 2.75) is 51.2 Å². The van der Waals surface area contributed by atoms with Gasteiger partial charge >= 0.3 is 5.56 Å². The molecule has 3 N–H and O–H groups in total. The molecule has 3 aliphatic rings. The number of rotatable bonds is 10. The molecule has 2 aromatic rings. The van der Waals surface area contributed by atoms with E-state index in [2.05, 4.69) is 16.7 Å². The smallest absolute Gasteiger partial charge is 0.316 e. The van der Waals surface area contributed by atoms with Gasteiger partial charge in [0.2, 0.25) is 5.75 Å². The van der Waals surface area contributed by atoms with Crippen LogP contribution in [0.5, 0.6) is 5.75 Å². The van der Waals surface area contributed by atoms with Gasteiger partial charge in [-0.25, -0.2) is 4.72 Å². The maximum Gasteiger partial charge on any atom is 0.316 e. The minimum atomic E-state index is -3.65. The average Bonchev–Trinajstić information content (AvgIpc) is 3.68. The Morgan fingerprint density at radius 3 is 2.60 bits per heavy atom. The maximum absolute atomic E-state index is 13.6. The lowest BCUT2D eigenvalue weighted by Gasteiger charge is -2.36. The summed E-state index contributed by atoms with van der Waals surface area (Å²) in [6, 6.07) is 6.85. The number of benzene rings is 1. The number of methoxy groups -OCH3 is 1. The third-order valence-corrected chi connectivity index (χ3v) is 10.2. The van der Waals surface area contributed by atoms with Gasteiger partial charge in [-0.15, -0.1) is 0 Å². The molecule has 3 fully saturated rings. The van der Waals surface area contributed by atoms with Crippen molar-refractivity contribution in [1.29, 1.82) is 0 Å². The molecule has 0 amide bonds. The van der Waals surface area contributed by atoms with E-state index >= 15 is 0 Å². The topological polar surface area (TPSA) is 132 Å². The van der Waals surface area contributed by atoms with Gasteiger partial charge in [-0.05, 0) is 56.2 Å². The number of nitrogens with one attached hydrogen (secondary N) is 1. The highest BCUT2D eigenvalue weighted by atomic mass is 35.5. The highest BCUT2D eigenvalue weighted by Gasteiger charge is 2.39. The number of nitrogens with two attached hydrogens (primary N) is 1. The summed E-state index contributed by atoms with van der Waals surface area (Å²) in [5.74, 6) is 0.406. The number of anilines is 1. The van der Waals surface area contributed by atoms with Crippen LogP contribution in [-0.4, -0.2) is 81.1 Å². The summed E-state index contributed by atoms with van der Waals surface area (Å²) >= 11 is 6.15. The zero-order valence-electron chi connectivity index (χ0n) is 23.1. The molecule has 1 aromatic heterocycles. The van der Waals surface area contributed by atoms with Crippen molar-refractivity contribution in [3.05, 3.63) is 45.8 Å². The van der Waals surface area contributed by atoms with Gasteiger partial charge in [0, 0.05) is 56.3 Å². The zero-order chi connectivity index (χ0) is 28.5. The van der Waals surface area contributed by atoms with Crippen LogP contribution in [0.4, 0.5) is 5.69 Å². The third kappa shape index (κ3) is 6.63. The predicted octanol–water partition coefficient (Wildman–Crippen LogP) is 2.16. The molecule has 40 heavy (non-hydrogen) atoms. The van der Waals surface area contributed by atoms with E-state index in [1.54, 1.807) is 37.6 Å². The molecule has 0 bridgehead atoms. The quantitative estimate of drug-likeness (QED) is 0.428. The molecule has 1 aliphatic heterocycles. The molecule has 5 rings (SSSR count). The fraction of sp³-hybridized carbons (Fsp3) is 0.630. The second-order valence-electron chi connectivity index (χ2n) is 11.5. The Balaban J connectivity index is 1.26. The number of hydrogen-bond acceptors (Lipinski definition) is 8. The first-order valence-corrected chi connectivity index (χ1v) is 15.7. The van der Waals surface area contributed by atoms with Crippen LogP contribution in [0.15, 0.2) is 35.3 Å². The fourth-order valence-electron chi connectivity index (χ4n) is 5.42. The fourth-order valence-corrected chi connectivity index (χ4v) is 6.87. The molecule has 13 heteroatoms. The van der Waals surface area contributed by atoms with Crippen LogP contribution in [0.1, 0.15) is 39.0 Å². The third-order valence-electron chi connectivity index (χ3n) is 8.35. The Morgan fingerprint density at radius 1 is 1.20 bits per heavy atom. The number of nitrogens with zero attached hydrogens (tertiary/aromatic N) is 4. The molecular weight excluding hydrogens is 556 g/mol. The molecule has 3 atom stereocenters. The summed E-state index contributed by atoms with van der Waals surface area (Å²) in [7, 11) is -1.99. The number of aromatic nitrogens is 2. The molecule has 1 saturated heterocycles. The van der Waals surface area contributed by atoms with Crippen molar-refractivity contribution < 1.29 is 17.9 Å². The van der Waals surface area contributed by atoms with E-state index in [1.165, 1.54) is 8.99 Å². The summed E-state index contributed by atoms with van der Waals surface area (Å²) in [5, 5.41) is 4.91. The van der Waals surface area contributed by atoms with Crippen molar-refractivity contribution in [2.75, 3.05) is 51.3 Å². The van der Waals surface area contributed by atoms with E-state index in [9.17, 15) is 13.2 Å². The lowest BCUT2D eigenvalue weighted by Crippen LogP contribution is -2.53. The van der Waals surface area contributed by atoms with Crippen LogP contribution < -0.4 is 25.7 Å². The monoisotopic (exact) mass is 594 g/mol. The first kappa shape index (κ1) is 29.3. The SMILES string of the molecule is COC1CCC(CNS(=O)(=O)N2CCN(c3cnn(-c4cccc(Cl)c4)c(=O)c3OCC3(C)CC3)CC2)CC1N. The van der Waals surface area contributed by atoms with Crippen LogP contribution in [0.2, 0.25) is 5.02 Å². The molecule has 2 saturated carbocycles. The van der Waals surface area contributed by atoms with Gasteiger partial charge in [-0.3, -0.25) is 4.79 Å². The van der Waals surface area contributed by atoms with Crippen LogP contribution in [0.25, 0.3) is 5.69 Å². The van der Waals surface area contributed by atoms with Gasteiger partial charge in [0.05, 0.1) is 24.6 Å². The van der Waals surface area contributed by atoms with Crippen LogP contribution in [0, 0.1) is 11.3 Å². The molecular formula is C27H39ClN6O5S. The van der Waals surface area contributed by atoms with Crippen molar-refractivity contribution in [2.24, 2.45) is 17.1 Å². The van der Waals surface area contributed by atoms with Crippen LogP contribution in [0.3, 0.4) is 0 Å². The number of hydrogen-bond donors (Lipinski definition) is 2. The molecule has 1 aromatic carbocycles. The van der Waals surface area contributed by atoms with Gasteiger partial charge in [0.1, 0.15) is 5.69 Å². The van der Waals surface area contributed by atoms with E-state index < -0.39 is 10.2 Å². The van der Waals surface area contributed by atoms with Crippen molar-refractivity contribution in [3.63, 3.8) is 0 Å². The predicted molar refractivity (Wildman–Crippen MR) is 155 cm³/mol. The van der Waals surface area contributed by atoms with E-state index in [1.807, 2.05) is 4.90 Å². The second kappa shape index (κ2) is 11.9. The molecule has 11 nitrogen and oxygen atoms in total. The van der Waals surface area contributed by atoms with Crippen LogP contribution >= 0.6 is 11.6 Å². The van der Waals surface area contributed by atoms with Crippen LogP contribution in [-0.2, 0) is 14.9 Å². The Morgan fingerprint density at radius 2 is 1.95 bits per heavy atom. The van der Waals surface area contributed by atoms with Gasteiger partial charge in [0.15, 0.2) is 0 Å². The van der Waals surface area contributed by atoms with Crippen molar-refractivity contribution >= 4 is 27.5 Å². The lowest BCUT2D eigenvalue weighted by atomic mass is 9.84. The standard InChI is InChI=1S/C27H39ClN6O5S/c1-27(8-9-27)18-39-25-23(17-30-34(26(25)35)21-5-3-4-20(28)15-21)32-10-12-33(13-11-32)40(36,37)31-16-19-6-7-24(38-2)22(29)14-19/h3-5,15,17,19,22,24,31H,6-14,16,18,29H2,1-2H3. The minimum Gasteiger partial charge on any atom is -0.486 e. The number of ether oxygens (including phenoxy) is 2. The summed E-state index contributed by atoms with van der Waals surface area (Å²) in [4.78, 5) is 15.5. The van der Waals surface area contributed by atoms with E-state index in [-0.39, 0.29) is 47.9 Å². The van der Waals surface area contributed by atoms with Gasteiger partial charge in [-0.2, -0.15) is 22.5 Å². The Bertz CT molecular complexity index is 1360. The molecule has 220 valence electrons. The average molecular weight is 595 g/mol. The Labute approximate surface area is 240 Å². The van der Waals surface area contributed by atoms with Crippen molar-refractivity contribution in [3.8, 4) is 11.4 Å². The molecule has 0 spiro atoms. The van der Waals surface area contributed by atoms with Gasteiger partial charge in [-0.1, -0.05) is 24.6 Å². The molecule has 0 radical (unpaired) electrons. The molecule has 2 aliphatic carbocycles. The first-order valence-electron chi connectivity index (χ1n) is 13.9. The summed E-state index contributed by atoms with van der Waals surface area (Å²) < 4.78 is 43.3. The maximum atomic E-state index is 13.6. The van der Waals surface area contributed by atoms with E-state index in [0.29, 0.717) is 42.6 Å². The summed E-state index contributed by atoms with van der Waals surface area (Å²) in [6.07, 6.45) is 6.19. The number of piperazine rings is 1. The van der Waals surface area contributed by atoms with E-state index in [4.69, 9.17) is 26.8 Å². The Hall–Kier alpha value is -2.22. The first-order chi connectivity index (χ1) is 19.1. The Kier molecular flexibility index (Phi) is 8.74. The second-order valence-corrected chi connectivity index (χ2v) is 13.7. The zero-order valence-corrected chi connectivity index (χ0v) is 24.7. The van der Waals surface area contributed by atoms with Gasteiger partial charge < -0.3 is 20.1 Å². The lowest BCUT2D eigenvalue weighted by molar-refractivity contribution is 0.0405. The highest BCUT2D eigenvalue weighted by Crippen LogP contribution is 2.45. The molecule has 3 unspecified atom stereocenters. The highest BCUT2D eigenvalue weighted by molar-refractivity contribution is 7.87. The normalized spacial score (nSPS) is 25.1. The summed E-state index contributed by atoms with van der Waals surface area (Å²) in [6.45, 7) is 4.29. The van der Waals surface area contributed by atoms with Crippen molar-refractivity contribution in [1.82, 2.24) is 18.8 Å². The molecule has 2 heterocycles. The largest absolute Gasteiger partial charge is 0.486 e. The van der Waals surface area contributed by atoms with Gasteiger partial charge in [0.25, 0.3) is 10.2 Å². The summed E-state index contributed by atoms with van der Waals surface area (Å²) in [5.41, 5.74) is 7.00. The minimum absolute atomic E-state index is 0.0315.